The number of aromatic nitrogens is 4. The van der Waals surface area contributed by atoms with Crippen LogP contribution in [0, 0.1) is 0 Å². The fourth-order valence-electron chi connectivity index (χ4n) is 3.98. The zero-order valence-electron chi connectivity index (χ0n) is 19.9. The van der Waals surface area contributed by atoms with Crippen LogP contribution in [-0.4, -0.2) is 138 Å². The lowest BCUT2D eigenvalue weighted by molar-refractivity contribution is -0.292. The molecular formula is C17H26N4O17P2. The number of phosphoric acid groups is 2. The van der Waals surface area contributed by atoms with E-state index in [1.165, 1.54) is 0 Å². The predicted octanol–water partition coefficient (Wildman–Crippen LogP) is -4.44. The first-order valence-electron chi connectivity index (χ1n) is 11.2. The summed E-state index contributed by atoms with van der Waals surface area (Å²) in [6.07, 6.45) is -16.4. The molecule has 23 heteroatoms. The molecule has 4 heterocycles. The Morgan fingerprint density at radius 2 is 1.65 bits per heavy atom. The molecule has 0 aromatic carbocycles. The number of phosphoric ester groups is 2. The molecule has 0 bridgehead atoms. The van der Waals surface area contributed by atoms with Gasteiger partial charge >= 0.3 is 15.6 Å². The van der Waals surface area contributed by atoms with Crippen molar-refractivity contribution in [1.82, 2.24) is 19.5 Å². The number of aliphatic hydroxyl groups excluding tert-OH is 7. The van der Waals surface area contributed by atoms with Crippen LogP contribution in [-0.2, 0) is 32.0 Å². The predicted molar refractivity (Wildman–Crippen MR) is 120 cm³/mol. The molecule has 0 radical (unpaired) electrons. The van der Waals surface area contributed by atoms with Crippen molar-refractivity contribution in [3.05, 3.63) is 12.7 Å². The standard InChI is InChI=1S/C17H26N4O17P2/c22-1-5(23)13-10(26)9(25)12(28)17(36-13)37-40(32,33)38-39(30,31)34-2-6-8(24)11(27)16(35-6)21-4-20-7-14(21)18-3-19-15(7)29/h3-6,8-13,16-17,22-28H,1-2H2,(H,30,31)(H,32,33)(H,18,19,29)/t5-,6?,8?,9?,10?,11?,12?,13?,16?,17?/m1/s1. The first kappa shape index (κ1) is 31.2. The van der Waals surface area contributed by atoms with E-state index in [0.717, 1.165) is 17.2 Å². The topological polar surface area (TPSA) is 326 Å². The highest BCUT2D eigenvalue weighted by Gasteiger charge is 2.51. The van der Waals surface area contributed by atoms with Gasteiger partial charge in [-0.3, -0.25) is 13.6 Å². The van der Waals surface area contributed by atoms with Gasteiger partial charge in [0.1, 0.15) is 55.2 Å². The zero-order chi connectivity index (χ0) is 29.6. The van der Waals surface area contributed by atoms with Gasteiger partial charge in [0, 0.05) is 0 Å². The summed E-state index contributed by atoms with van der Waals surface area (Å²) in [4.78, 5) is 31.2. The van der Waals surface area contributed by atoms with Crippen LogP contribution in [0.15, 0.2) is 12.7 Å². The number of rotatable bonds is 10. The lowest BCUT2D eigenvalue weighted by Gasteiger charge is -2.41. The van der Waals surface area contributed by atoms with E-state index in [1.54, 1.807) is 0 Å². The van der Waals surface area contributed by atoms with Crippen LogP contribution in [0.3, 0.4) is 0 Å². The van der Waals surface area contributed by atoms with E-state index in [-0.39, 0.29) is 11.2 Å². The maximum atomic E-state index is 12.3. The Hall–Kier alpha value is -1.75. The van der Waals surface area contributed by atoms with Gasteiger partial charge in [-0.25, -0.2) is 19.1 Å². The molecule has 0 amide bonds. The molecule has 2 aromatic rings. The fraction of sp³-hybridized carbons (Fsp3) is 0.706. The summed E-state index contributed by atoms with van der Waals surface area (Å²) in [5, 5.41) is 79.0. The number of hydrogen-bond acceptors (Lipinski definition) is 18. The number of aromatic hydroxyl groups is 1. The molecule has 12 atom stereocenters. The number of imidazole rings is 1. The van der Waals surface area contributed by atoms with Crippen molar-refractivity contribution in [2.24, 2.45) is 0 Å². The van der Waals surface area contributed by atoms with Crippen molar-refractivity contribution in [1.29, 1.82) is 0 Å². The summed E-state index contributed by atoms with van der Waals surface area (Å²) < 4.78 is 49.4. The van der Waals surface area contributed by atoms with Gasteiger partial charge in [-0.05, 0) is 0 Å². The van der Waals surface area contributed by atoms with Crippen LogP contribution >= 0.6 is 15.6 Å². The summed E-state index contributed by atoms with van der Waals surface area (Å²) >= 11 is 0. The average Bonchev–Trinajstić information content (AvgIpc) is 3.43. The van der Waals surface area contributed by atoms with Gasteiger partial charge in [-0.15, -0.1) is 0 Å². The minimum absolute atomic E-state index is 0.0124. The molecule has 2 aliphatic rings. The van der Waals surface area contributed by atoms with Gasteiger partial charge in [0.05, 0.1) is 19.5 Å². The molecule has 10 N–H and O–H groups in total. The maximum absolute atomic E-state index is 12.3. The Morgan fingerprint density at radius 3 is 2.33 bits per heavy atom. The molecule has 0 aliphatic carbocycles. The number of fused-ring (bicyclic) bond motifs is 1. The molecule has 40 heavy (non-hydrogen) atoms. The maximum Gasteiger partial charge on any atom is 0.483 e. The van der Waals surface area contributed by atoms with Crippen molar-refractivity contribution < 1.29 is 82.6 Å². The molecule has 0 saturated carbocycles. The molecule has 0 spiro atoms. The third-order valence-electron chi connectivity index (χ3n) is 5.97. The summed E-state index contributed by atoms with van der Waals surface area (Å²) in [6.45, 7) is -1.98. The zero-order valence-corrected chi connectivity index (χ0v) is 21.6. The second-order valence-electron chi connectivity index (χ2n) is 8.68. The molecule has 21 nitrogen and oxygen atoms in total. The first-order valence-corrected chi connectivity index (χ1v) is 14.2. The van der Waals surface area contributed by atoms with Crippen molar-refractivity contribution in [2.45, 2.75) is 61.3 Å². The van der Waals surface area contributed by atoms with Crippen LogP contribution in [0.4, 0.5) is 0 Å². The smallest absolute Gasteiger partial charge is 0.483 e. The van der Waals surface area contributed by atoms with E-state index in [2.05, 4.69) is 28.3 Å². The van der Waals surface area contributed by atoms with Crippen LogP contribution in [0.5, 0.6) is 5.88 Å². The number of nitrogens with zero attached hydrogens (tertiary/aromatic N) is 4. The third kappa shape index (κ3) is 6.35. The number of aliphatic hydroxyl groups is 7. The van der Waals surface area contributed by atoms with Crippen molar-refractivity contribution in [3.8, 4) is 5.88 Å². The van der Waals surface area contributed by atoms with E-state index in [4.69, 9.17) is 14.6 Å². The average molecular weight is 620 g/mol. The molecule has 4 rings (SSSR count). The normalized spacial score (nSPS) is 36.8. The van der Waals surface area contributed by atoms with Gasteiger partial charge < -0.3 is 60.1 Å². The van der Waals surface area contributed by atoms with Crippen molar-refractivity contribution in [2.75, 3.05) is 13.2 Å². The minimum Gasteiger partial charge on any atom is -0.492 e. The van der Waals surface area contributed by atoms with Crippen LogP contribution in [0.1, 0.15) is 6.23 Å². The van der Waals surface area contributed by atoms with Crippen LogP contribution in [0.2, 0.25) is 0 Å². The molecule has 2 saturated heterocycles. The summed E-state index contributed by atoms with van der Waals surface area (Å²) in [6, 6.07) is 0. The summed E-state index contributed by atoms with van der Waals surface area (Å²) in [7, 11) is -11.2. The number of hydrogen-bond donors (Lipinski definition) is 10. The van der Waals surface area contributed by atoms with Gasteiger partial charge in [0.15, 0.2) is 23.7 Å². The Morgan fingerprint density at radius 1 is 0.950 bits per heavy atom. The van der Waals surface area contributed by atoms with E-state index >= 15 is 0 Å². The Bertz CT molecular complexity index is 1280. The highest BCUT2D eigenvalue weighted by atomic mass is 31.3. The van der Waals surface area contributed by atoms with E-state index in [1.807, 2.05) is 0 Å². The van der Waals surface area contributed by atoms with Gasteiger partial charge in [0.2, 0.25) is 5.88 Å². The first-order chi connectivity index (χ1) is 18.7. The molecule has 226 valence electrons. The Labute approximate surface area is 222 Å². The fourth-order valence-corrected chi connectivity index (χ4v) is 6.14. The van der Waals surface area contributed by atoms with Crippen LogP contribution in [0.25, 0.3) is 11.2 Å². The molecule has 2 fully saturated rings. The van der Waals surface area contributed by atoms with E-state index in [9.17, 15) is 54.7 Å². The Kier molecular flexibility index (Phi) is 9.25. The lowest BCUT2D eigenvalue weighted by Crippen LogP contribution is -2.61. The van der Waals surface area contributed by atoms with Gasteiger partial charge in [-0.1, -0.05) is 0 Å². The van der Waals surface area contributed by atoms with Crippen molar-refractivity contribution >= 4 is 26.8 Å². The molecular weight excluding hydrogens is 594 g/mol. The van der Waals surface area contributed by atoms with Crippen LogP contribution < -0.4 is 0 Å². The SMILES string of the molecule is O=P(O)(OCC1OC(n2cnc3c(O)ncnc32)C(O)C1O)OP(=O)(O)OC1OC([C@H](O)CO)C(O)C(O)C1O. The second-order valence-corrected chi connectivity index (χ2v) is 11.7. The molecule has 2 aromatic heterocycles. The summed E-state index contributed by atoms with van der Waals surface area (Å²) in [5.74, 6) is -0.470. The minimum atomic E-state index is -5.67. The van der Waals surface area contributed by atoms with Crippen molar-refractivity contribution in [3.63, 3.8) is 0 Å². The van der Waals surface area contributed by atoms with Gasteiger partial charge in [-0.2, -0.15) is 9.29 Å². The molecule has 2 aliphatic heterocycles. The highest BCUT2D eigenvalue weighted by molar-refractivity contribution is 7.61. The van der Waals surface area contributed by atoms with E-state index in [0.29, 0.717) is 0 Å². The quantitative estimate of drug-likeness (QED) is 0.112. The largest absolute Gasteiger partial charge is 0.492 e. The second kappa shape index (κ2) is 11.9. The van der Waals surface area contributed by atoms with E-state index < -0.39 is 96.1 Å². The highest BCUT2D eigenvalue weighted by Crippen LogP contribution is 2.61. The summed E-state index contributed by atoms with van der Waals surface area (Å²) in [5.41, 5.74) is -0.0379. The molecule has 11 unspecified atom stereocenters. The Balaban J connectivity index is 1.38. The monoisotopic (exact) mass is 620 g/mol. The lowest BCUT2D eigenvalue weighted by atomic mass is 9.96. The third-order valence-corrected chi connectivity index (χ3v) is 8.57. The van der Waals surface area contributed by atoms with Gasteiger partial charge in [0.25, 0.3) is 0 Å². The number of ether oxygens (including phenoxy) is 2.